The summed E-state index contributed by atoms with van der Waals surface area (Å²) in [4.78, 5) is 56.2. The molecule has 4 amide bonds. The summed E-state index contributed by atoms with van der Waals surface area (Å²) in [5.41, 5.74) is 0.745. The van der Waals surface area contributed by atoms with Crippen molar-refractivity contribution in [3.8, 4) is 5.75 Å². The second-order valence-corrected chi connectivity index (χ2v) is 19.3. The molecule has 1 aromatic carbocycles. The van der Waals surface area contributed by atoms with Gasteiger partial charge in [-0.2, -0.15) is 0 Å². The molecule has 3 heterocycles. The molecule has 3 atom stereocenters. The van der Waals surface area contributed by atoms with Gasteiger partial charge >= 0.3 is 6.09 Å². The third kappa shape index (κ3) is 7.68. The highest BCUT2D eigenvalue weighted by atomic mass is 28.3. The molecule has 4 rings (SSSR count). The minimum absolute atomic E-state index is 0.0779. The number of imide groups is 1. The first kappa shape index (κ1) is 31.0. The Morgan fingerprint density at radius 3 is 2.51 bits per heavy atom. The maximum Gasteiger partial charge on any atom is 0.410 e. The summed E-state index contributed by atoms with van der Waals surface area (Å²) >= 11 is 0. The number of hydrogen-bond donors (Lipinski definition) is 0. The zero-order valence-electron chi connectivity index (χ0n) is 25.5. The number of likely N-dealkylation sites (tertiary alicyclic amines) is 2. The van der Waals surface area contributed by atoms with Gasteiger partial charge in [0.2, 0.25) is 5.91 Å². The van der Waals surface area contributed by atoms with Crippen molar-refractivity contribution < 1.29 is 33.4 Å². The van der Waals surface area contributed by atoms with E-state index in [0.29, 0.717) is 37.4 Å². The molecule has 0 aliphatic carbocycles. The second-order valence-electron chi connectivity index (χ2n) is 13.7. The Hall–Kier alpha value is -2.92. The van der Waals surface area contributed by atoms with Crippen molar-refractivity contribution in [2.24, 2.45) is 5.92 Å². The van der Waals surface area contributed by atoms with Gasteiger partial charge in [-0.25, -0.2) is 4.79 Å². The molecule has 2 saturated heterocycles. The van der Waals surface area contributed by atoms with Crippen LogP contribution in [0.2, 0.25) is 25.7 Å². The molecule has 0 radical (unpaired) electrons. The summed E-state index contributed by atoms with van der Waals surface area (Å²) in [6.07, 6.45) is 0.715. The topological polar surface area (TPSA) is 106 Å². The van der Waals surface area contributed by atoms with Gasteiger partial charge in [-0.3, -0.25) is 19.3 Å². The smallest absolute Gasteiger partial charge is 0.410 e. The average Bonchev–Trinajstić information content (AvgIpc) is 3.18. The third-order valence-electron chi connectivity index (χ3n) is 7.81. The first-order valence-electron chi connectivity index (χ1n) is 14.6. The van der Waals surface area contributed by atoms with Crippen molar-refractivity contribution in [3.05, 3.63) is 29.3 Å². The Morgan fingerprint density at radius 1 is 1.10 bits per heavy atom. The first-order chi connectivity index (χ1) is 19.1. The summed E-state index contributed by atoms with van der Waals surface area (Å²) in [5.74, 6) is -0.0208. The quantitative estimate of drug-likeness (QED) is 0.251. The number of amides is 4. The maximum atomic E-state index is 13.3. The molecular weight excluding hydrogens is 542 g/mol. The number of carbonyl (C=O) groups excluding carboxylic acids is 4. The fraction of sp³-hybridized carbons (Fsp3) is 0.667. The van der Waals surface area contributed by atoms with Crippen LogP contribution in [0.15, 0.2) is 18.2 Å². The summed E-state index contributed by atoms with van der Waals surface area (Å²) in [6.45, 7) is 16.1. The Morgan fingerprint density at radius 2 is 1.83 bits per heavy atom. The van der Waals surface area contributed by atoms with Gasteiger partial charge in [0.1, 0.15) is 30.2 Å². The van der Waals surface area contributed by atoms with Crippen molar-refractivity contribution in [2.75, 3.05) is 26.4 Å². The van der Waals surface area contributed by atoms with Gasteiger partial charge in [0.15, 0.2) is 0 Å². The van der Waals surface area contributed by atoms with Crippen molar-refractivity contribution in [2.45, 2.75) is 96.9 Å². The van der Waals surface area contributed by atoms with Gasteiger partial charge in [-0.1, -0.05) is 26.6 Å². The molecule has 11 heteroatoms. The normalized spacial score (nSPS) is 23.6. The number of benzene rings is 1. The second kappa shape index (κ2) is 12.1. The number of rotatable bonds is 8. The van der Waals surface area contributed by atoms with Crippen molar-refractivity contribution in [1.29, 1.82) is 0 Å². The van der Waals surface area contributed by atoms with Crippen LogP contribution in [-0.4, -0.2) is 90.8 Å². The zero-order valence-corrected chi connectivity index (χ0v) is 26.5. The van der Waals surface area contributed by atoms with Crippen molar-refractivity contribution >= 4 is 31.9 Å². The number of carbonyl (C=O) groups is 4. The number of nitrogens with zero attached hydrogens (tertiary/aromatic N) is 3. The Kier molecular flexibility index (Phi) is 9.18. The third-order valence-corrected chi connectivity index (χ3v) is 9.52. The molecule has 0 N–H and O–H groups in total. The molecule has 3 aliphatic rings. The van der Waals surface area contributed by atoms with Crippen LogP contribution in [0.4, 0.5) is 4.79 Å². The van der Waals surface area contributed by atoms with E-state index in [-0.39, 0.29) is 55.5 Å². The van der Waals surface area contributed by atoms with Crippen LogP contribution in [0.3, 0.4) is 0 Å². The monoisotopic (exact) mass is 587 g/mol. The number of hydrogen-bond acceptors (Lipinski definition) is 7. The number of piperidine rings is 2. The highest BCUT2D eigenvalue weighted by Crippen LogP contribution is 2.33. The highest BCUT2D eigenvalue weighted by molar-refractivity contribution is 6.76. The number of ether oxygens (including phenoxy) is 3. The standard InChI is InChI=1S/C30H45N3O7Si/c1-20-12-13-31(29(37)40-30(2,3)4)18-25(20)39-22-8-9-23-21(16-22)17-32(27(23)35)24-10-11-26(34)33(28(24)36)19-38-14-15-41(5,6)7/h8-9,16,20,24-25H,10-15,17-19H2,1-7H3/t20-,24-,25+/m1/s1. The molecule has 0 bridgehead atoms. The predicted molar refractivity (Wildman–Crippen MR) is 156 cm³/mol. The van der Waals surface area contributed by atoms with Crippen LogP contribution in [0, 0.1) is 5.92 Å². The van der Waals surface area contributed by atoms with Crippen molar-refractivity contribution in [1.82, 2.24) is 14.7 Å². The van der Waals surface area contributed by atoms with Gasteiger partial charge in [-0.15, -0.1) is 0 Å². The number of fused-ring (bicyclic) bond motifs is 1. The predicted octanol–water partition coefficient (Wildman–Crippen LogP) is 4.50. The van der Waals surface area contributed by atoms with Crippen LogP contribution in [0.1, 0.15) is 62.9 Å². The average molecular weight is 588 g/mol. The van der Waals surface area contributed by atoms with Crippen LogP contribution in [0.5, 0.6) is 5.75 Å². The van der Waals surface area contributed by atoms with E-state index in [1.807, 2.05) is 26.8 Å². The Bertz CT molecular complexity index is 1180. The van der Waals surface area contributed by atoms with E-state index in [0.717, 1.165) is 22.9 Å². The summed E-state index contributed by atoms with van der Waals surface area (Å²) in [5, 5.41) is 0. The summed E-state index contributed by atoms with van der Waals surface area (Å²) in [6, 6.07) is 5.59. The minimum atomic E-state index is -1.30. The van der Waals surface area contributed by atoms with E-state index in [2.05, 4.69) is 26.6 Å². The van der Waals surface area contributed by atoms with Crippen LogP contribution in [-0.2, 0) is 25.6 Å². The zero-order chi connectivity index (χ0) is 30.1. The van der Waals surface area contributed by atoms with Gasteiger partial charge in [0, 0.05) is 39.8 Å². The fourth-order valence-electron chi connectivity index (χ4n) is 5.28. The lowest BCUT2D eigenvalue weighted by atomic mass is 9.96. The summed E-state index contributed by atoms with van der Waals surface area (Å²) < 4.78 is 17.6. The van der Waals surface area contributed by atoms with E-state index in [4.69, 9.17) is 14.2 Å². The molecule has 1 aromatic rings. The van der Waals surface area contributed by atoms with Crippen molar-refractivity contribution in [3.63, 3.8) is 0 Å². The molecule has 0 unspecified atom stereocenters. The molecule has 0 spiro atoms. The molecular formula is C30H45N3O7Si. The molecule has 41 heavy (non-hydrogen) atoms. The van der Waals surface area contributed by atoms with Gasteiger partial charge < -0.3 is 24.0 Å². The Balaban J connectivity index is 1.39. The lowest BCUT2D eigenvalue weighted by molar-refractivity contribution is -0.158. The highest BCUT2D eigenvalue weighted by Gasteiger charge is 2.43. The first-order valence-corrected chi connectivity index (χ1v) is 18.3. The minimum Gasteiger partial charge on any atom is -0.488 e. The van der Waals surface area contributed by atoms with E-state index in [1.54, 1.807) is 21.9 Å². The fourth-order valence-corrected chi connectivity index (χ4v) is 6.04. The molecule has 3 aliphatic heterocycles. The van der Waals surface area contributed by atoms with Crippen LogP contribution >= 0.6 is 0 Å². The van der Waals surface area contributed by atoms with Crippen LogP contribution < -0.4 is 4.74 Å². The molecule has 2 fully saturated rings. The molecule has 226 valence electrons. The molecule has 0 saturated carbocycles. The van der Waals surface area contributed by atoms with E-state index >= 15 is 0 Å². The van der Waals surface area contributed by atoms with Gasteiger partial charge in [0.05, 0.1) is 6.54 Å². The molecule has 0 aromatic heterocycles. The lowest BCUT2D eigenvalue weighted by Crippen LogP contribution is -2.55. The molecule has 10 nitrogen and oxygen atoms in total. The van der Waals surface area contributed by atoms with Gasteiger partial charge in [-0.05, 0) is 69.3 Å². The lowest BCUT2D eigenvalue weighted by Gasteiger charge is -2.37. The largest absolute Gasteiger partial charge is 0.488 e. The van der Waals surface area contributed by atoms with E-state index in [1.165, 1.54) is 0 Å². The van der Waals surface area contributed by atoms with E-state index in [9.17, 15) is 19.2 Å². The SMILES string of the molecule is C[C@@H]1CCN(C(=O)OC(C)(C)C)C[C@@H]1Oc1ccc2c(c1)CN([C@@H]1CCC(=O)N(COCC[Si](C)(C)C)C1=O)C2=O. The van der Waals surface area contributed by atoms with E-state index < -0.39 is 19.7 Å². The van der Waals surface area contributed by atoms with Crippen LogP contribution in [0.25, 0.3) is 0 Å². The Labute approximate surface area is 244 Å². The maximum absolute atomic E-state index is 13.3. The summed E-state index contributed by atoms with van der Waals surface area (Å²) in [7, 11) is -1.30. The van der Waals surface area contributed by atoms with Gasteiger partial charge in [0.25, 0.3) is 11.8 Å².